The van der Waals surface area contributed by atoms with Crippen LogP contribution in [0, 0.1) is 0 Å². The van der Waals surface area contributed by atoms with Crippen LogP contribution in [-0.4, -0.2) is 30.6 Å². The quantitative estimate of drug-likeness (QED) is 0.855. The molecule has 0 unspecified atom stereocenters. The van der Waals surface area contributed by atoms with Crippen molar-refractivity contribution in [3.63, 3.8) is 0 Å². The number of carbonyl (C=O) groups excluding carboxylic acids is 1. The Labute approximate surface area is 134 Å². The van der Waals surface area contributed by atoms with E-state index in [2.05, 4.69) is 5.32 Å². The van der Waals surface area contributed by atoms with Gasteiger partial charge in [0.2, 0.25) is 0 Å². The first-order chi connectivity index (χ1) is 10.8. The summed E-state index contributed by atoms with van der Waals surface area (Å²) in [4.78, 5) is 22.8. The van der Waals surface area contributed by atoms with Gasteiger partial charge in [-0.15, -0.1) is 0 Å². The number of amides is 1. The Kier molecular flexibility index (Phi) is 4.74. The van der Waals surface area contributed by atoms with Gasteiger partial charge in [-0.05, 0) is 17.7 Å². The smallest absolute Gasteiger partial charge is 0.338 e. The molecule has 6 nitrogen and oxygen atoms in total. The summed E-state index contributed by atoms with van der Waals surface area (Å²) in [6.45, 7) is 4.38. The second-order valence-electron chi connectivity index (χ2n) is 5.80. The maximum absolute atomic E-state index is 12.0. The van der Waals surface area contributed by atoms with E-state index in [4.69, 9.17) is 14.3 Å². The van der Waals surface area contributed by atoms with Crippen molar-refractivity contribution in [3.05, 3.63) is 53.5 Å². The lowest BCUT2D eigenvalue weighted by Crippen LogP contribution is -2.36. The van der Waals surface area contributed by atoms with Crippen LogP contribution >= 0.6 is 0 Å². The van der Waals surface area contributed by atoms with E-state index >= 15 is 0 Å². The minimum absolute atomic E-state index is 0.0204. The van der Waals surface area contributed by atoms with Crippen molar-refractivity contribution in [2.75, 3.05) is 13.7 Å². The number of methoxy groups -OCH3 is 1. The highest BCUT2D eigenvalue weighted by molar-refractivity contribution is 5.95. The van der Waals surface area contributed by atoms with Crippen molar-refractivity contribution in [1.82, 2.24) is 5.32 Å². The maximum Gasteiger partial charge on any atom is 0.338 e. The molecule has 6 heteroatoms. The third-order valence-electron chi connectivity index (χ3n) is 3.63. The van der Waals surface area contributed by atoms with Gasteiger partial charge in [0, 0.05) is 18.0 Å². The van der Waals surface area contributed by atoms with Crippen LogP contribution in [0.1, 0.15) is 40.3 Å². The maximum atomic E-state index is 12.0. The second kappa shape index (κ2) is 6.56. The van der Waals surface area contributed by atoms with E-state index in [1.807, 2.05) is 38.1 Å². The molecule has 0 spiro atoms. The molecule has 1 amide bonds. The number of nitrogens with one attached hydrogen (secondary N) is 1. The number of carbonyl (C=O) groups is 2. The van der Waals surface area contributed by atoms with Gasteiger partial charge < -0.3 is 19.6 Å². The summed E-state index contributed by atoms with van der Waals surface area (Å²) in [5.74, 6) is -0.830. The standard InChI is InChI=1S/C17H19NO5/c1-17(2,12-4-6-13(22-3)7-5-12)10-18-15(19)14-8-11(9-23-14)16(20)21/h4-9H,10H2,1-3H3,(H,18,19)(H,20,21). The lowest BCUT2D eigenvalue weighted by Gasteiger charge is -2.25. The van der Waals surface area contributed by atoms with E-state index in [9.17, 15) is 9.59 Å². The van der Waals surface area contributed by atoms with E-state index < -0.39 is 11.9 Å². The van der Waals surface area contributed by atoms with Gasteiger partial charge in [0.15, 0.2) is 5.76 Å². The van der Waals surface area contributed by atoms with Gasteiger partial charge in [-0.2, -0.15) is 0 Å². The van der Waals surface area contributed by atoms with Crippen molar-refractivity contribution in [2.24, 2.45) is 0 Å². The predicted molar refractivity (Wildman–Crippen MR) is 84.0 cm³/mol. The number of furan rings is 1. The van der Waals surface area contributed by atoms with Crippen molar-refractivity contribution in [1.29, 1.82) is 0 Å². The van der Waals surface area contributed by atoms with E-state index in [1.165, 1.54) is 6.07 Å². The predicted octanol–water partition coefficient (Wildman–Crippen LogP) is 2.69. The van der Waals surface area contributed by atoms with Crippen LogP contribution in [0.5, 0.6) is 5.75 Å². The summed E-state index contributed by atoms with van der Waals surface area (Å²) in [5, 5.41) is 11.6. The van der Waals surface area contributed by atoms with Gasteiger partial charge in [0.1, 0.15) is 12.0 Å². The van der Waals surface area contributed by atoms with Crippen LogP contribution in [0.4, 0.5) is 0 Å². The number of carboxylic acids is 1. The molecule has 1 aromatic carbocycles. The molecule has 2 rings (SSSR count). The number of hydrogen-bond acceptors (Lipinski definition) is 4. The third kappa shape index (κ3) is 3.91. The summed E-state index contributed by atoms with van der Waals surface area (Å²) in [6, 6.07) is 8.83. The molecule has 0 fully saturated rings. The van der Waals surface area contributed by atoms with Crippen molar-refractivity contribution >= 4 is 11.9 Å². The Morgan fingerprint density at radius 1 is 1.26 bits per heavy atom. The van der Waals surface area contributed by atoms with Gasteiger partial charge in [-0.3, -0.25) is 4.79 Å². The van der Waals surface area contributed by atoms with Crippen molar-refractivity contribution in [2.45, 2.75) is 19.3 Å². The van der Waals surface area contributed by atoms with Crippen LogP contribution in [0.2, 0.25) is 0 Å². The summed E-state index contributed by atoms with van der Waals surface area (Å²) in [5.41, 5.74) is 0.693. The molecule has 0 radical (unpaired) electrons. The number of hydrogen-bond donors (Lipinski definition) is 2. The van der Waals surface area contributed by atoms with Crippen LogP contribution in [-0.2, 0) is 5.41 Å². The normalized spacial score (nSPS) is 11.1. The molecule has 122 valence electrons. The summed E-state index contributed by atoms with van der Waals surface area (Å²) >= 11 is 0. The zero-order valence-corrected chi connectivity index (χ0v) is 13.3. The first kappa shape index (κ1) is 16.6. The van der Waals surface area contributed by atoms with E-state index in [-0.39, 0.29) is 16.7 Å². The number of ether oxygens (including phenoxy) is 1. The monoisotopic (exact) mass is 317 g/mol. The van der Waals surface area contributed by atoms with Gasteiger partial charge in [-0.1, -0.05) is 26.0 Å². The number of aromatic carboxylic acids is 1. The minimum Gasteiger partial charge on any atom is -0.497 e. The fraction of sp³-hybridized carbons (Fsp3) is 0.294. The molecular formula is C17H19NO5. The molecule has 0 saturated heterocycles. The average molecular weight is 317 g/mol. The highest BCUT2D eigenvalue weighted by Crippen LogP contribution is 2.24. The molecule has 0 saturated carbocycles. The van der Waals surface area contributed by atoms with Gasteiger partial charge in [-0.25, -0.2) is 4.79 Å². The Balaban J connectivity index is 2.02. The topological polar surface area (TPSA) is 88.8 Å². The number of benzene rings is 1. The van der Waals surface area contributed by atoms with E-state index in [1.54, 1.807) is 7.11 Å². The SMILES string of the molecule is COc1ccc(C(C)(C)CNC(=O)c2cc(C(=O)O)co2)cc1. The van der Waals surface area contributed by atoms with Gasteiger partial charge >= 0.3 is 5.97 Å². The van der Waals surface area contributed by atoms with Crippen LogP contribution < -0.4 is 10.1 Å². The number of rotatable bonds is 6. The molecule has 2 N–H and O–H groups in total. The molecule has 2 aromatic rings. The largest absolute Gasteiger partial charge is 0.497 e. The molecule has 0 aliphatic carbocycles. The van der Waals surface area contributed by atoms with Crippen molar-refractivity contribution in [3.8, 4) is 5.75 Å². The van der Waals surface area contributed by atoms with Crippen LogP contribution in [0.15, 0.2) is 41.0 Å². The Bertz CT molecular complexity index is 700. The average Bonchev–Trinajstić information content (AvgIpc) is 3.03. The molecule has 0 aliphatic heterocycles. The lowest BCUT2D eigenvalue weighted by atomic mass is 9.84. The number of carboxylic acid groups (broad SMARTS) is 1. The summed E-state index contributed by atoms with van der Waals surface area (Å²) in [6.07, 6.45) is 1.05. The van der Waals surface area contributed by atoms with Gasteiger partial charge in [0.05, 0.1) is 12.7 Å². The lowest BCUT2D eigenvalue weighted by molar-refractivity contribution is 0.0696. The Morgan fingerprint density at radius 2 is 1.91 bits per heavy atom. The van der Waals surface area contributed by atoms with Gasteiger partial charge in [0.25, 0.3) is 5.91 Å². The minimum atomic E-state index is -1.13. The van der Waals surface area contributed by atoms with E-state index in [0.717, 1.165) is 17.6 Å². The first-order valence-corrected chi connectivity index (χ1v) is 7.08. The van der Waals surface area contributed by atoms with E-state index in [0.29, 0.717) is 6.54 Å². The fourth-order valence-corrected chi connectivity index (χ4v) is 2.10. The summed E-state index contributed by atoms with van der Waals surface area (Å²) in [7, 11) is 1.61. The zero-order valence-electron chi connectivity index (χ0n) is 13.3. The first-order valence-electron chi connectivity index (χ1n) is 7.08. The molecular weight excluding hydrogens is 298 g/mol. The van der Waals surface area contributed by atoms with Crippen LogP contribution in [0.25, 0.3) is 0 Å². The molecule has 1 heterocycles. The molecule has 1 aromatic heterocycles. The molecule has 0 aliphatic rings. The Morgan fingerprint density at radius 3 is 2.43 bits per heavy atom. The molecule has 0 atom stereocenters. The second-order valence-corrected chi connectivity index (χ2v) is 5.80. The Hall–Kier alpha value is -2.76. The molecule has 23 heavy (non-hydrogen) atoms. The summed E-state index contributed by atoms with van der Waals surface area (Å²) < 4.78 is 10.1. The highest BCUT2D eigenvalue weighted by Gasteiger charge is 2.23. The third-order valence-corrected chi connectivity index (χ3v) is 3.63. The zero-order chi connectivity index (χ0) is 17.0. The van der Waals surface area contributed by atoms with Crippen molar-refractivity contribution < 1.29 is 23.8 Å². The molecule has 0 bridgehead atoms. The fourth-order valence-electron chi connectivity index (χ4n) is 2.10. The van der Waals surface area contributed by atoms with Crippen LogP contribution in [0.3, 0.4) is 0 Å². The highest BCUT2D eigenvalue weighted by atomic mass is 16.5.